The van der Waals surface area contributed by atoms with Crippen molar-refractivity contribution in [2.24, 2.45) is 0 Å². The zero-order valence-corrected chi connectivity index (χ0v) is 12.0. The smallest absolute Gasteiger partial charge is 0.181 e. The third-order valence-electron chi connectivity index (χ3n) is 3.15. The van der Waals surface area contributed by atoms with Gasteiger partial charge in [-0.2, -0.15) is 0 Å². The number of methoxy groups -OCH3 is 1. The first kappa shape index (κ1) is 12.9. The van der Waals surface area contributed by atoms with Crippen molar-refractivity contribution < 1.29 is 4.74 Å². The van der Waals surface area contributed by atoms with Gasteiger partial charge in [-0.3, -0.25) is 4.98 Å². The highest BCUT2D eigenvalue weighted by Crippen LogP contribution is 2.32. The predicted octanol–water partition coefficient (Wildman–Crippen LogP) is 3.07. The summed E-state index contributed by atoms with van der Waals surface area (Å²) in [5.74, 6) is 0.784. The Balaban J connectivity index is 1.88. The van der Waals surface area contributed by atoms with E-state index in [0.717, 1.165) is 34.5 Å². The monoisotopic (exact) mass is 285 g/mol. The molecule has 0 saturated heterocycles. The summed E-state index contributed by atoms with van der Waals surface area (Å²) in [6, 6.07) is 10.1. The Hall–Kier alpha value is -2.14. The summed E-state index contributed by atoms with van der Waals surface area (Å²) in [6.45, 7) is 0. The number of ether oxygens (including phenoxy) is 1. The molecular weight excluding hydrogens is 270 g/mol. The number of pyridine rings is 1. The Kier molecular flexibility index (Phi) is 3.52. The maximum absolute atomic E-state index is 5.77. The SMILES string of the molecule is COc1cc(CCc2ccccn2)cc2sc(N)nc12. The number of hydrogen-bond donors (Lipinski definition) is 1. The van der Waals surface area contributed by atoms with Gasteiger partial charge in [0.15, 0.2) is 5.13 Å². The lowest BCUT2D eigenvalue weighted by molar-refractivity contribution is 0.418. The van der Waals surface area contributed by atoms with Gasteiger partial charge >= 0.3 is 0 Å². The second-order valence-electron chi connectivity index (χ2n) is 4.52. The van der Waals surface area contributed by atoms with Crippen LogP contribution in [0.25, 0.3) is 10.2 Å². The summed E-state index contributed by atoms with van der Waals surface area (Å²) in [5.41, 5.74) is 8.92. The number of hydrogen-bond acceptors (Lipinski definition) is 5. The predicted molar refractivity (Wildman–Crippen MR) is 82.2 cm³/mol. The van der Waals surface area contributed by atoms with Gasteiger partial charge in [0.2, 0.25) is 0 Å². The molecule has 0 aliphatic carbocycles. The van der Waals surface area contributed by atoms with Crippen molar-refractivity contribution in [1.82, 2.24) is 9.97 Å². The highest BCUT2D eigenvalue weighted by atomic mass is 32.1. The van der Waals surface area contributed by atoms with Gasteiger partial charge in [0.25, 0.3) is 0 Å². The fraction of sp³-hybridized carbons (Fsp3) is 0.200. The minimum atomic E-state index is 0.570. The number of thiazole rings is 1. The molecule has 0 bridgehead atoms. The van der Waals surface area contributed by atoms with Gasteiger partial charge in [0.05, 0.1) is 11.8 Å². The first-order chi connectivity index (χ1) is 9.76. The van der Waals surface area contributed by atoms with Gasteiger partial charge in [0.1, 0.15) is 11.3 Å². The van der Waals surface area contributed by atoms with E-state index in [-0.39, 0.29) is 0 Å². The molecule has 1 aromatic carbocycles. The van der Waals surface area contributed by atoms with Crippen LogP contribution in [0.5, 0.6) is 5.75 Å². The molecular formula is C15H15N3OS. The van der Waals surface area contributed by atoms with Gasteiger partial charge in [0, 0.05) is 11.9 Å². The molecule has 0 spiro atoms. The molecule has 4 nitrogen and oxygen atoms in total. The maximum Gasteiger partial charge on any atom is 0.181 e. The summed E-state index contributed by atoms with van der Waals surface area (Å²) in [4.78, 5) is 8.64. The molecule has 3 aromatic rings. The van der Waals surface area contributed by atoms with Gasteiger partial charge in [-0.15, -0.1) is 0 Å². The van der Waals surface area contributed by atoms with Crippen molar-refractivity contribution in [2.45, 2.75) is 12.8 Å². The third-order valence-corrected chi connectivity index (χ3v) is 3.98. The quantitative estimate of drug-likeness (QED) is 0.800. The standard InChI is InChI=1S/C15H15N3OS/c1-19-12-8-10(5-6-11-4-2-3-7-17-11)9-13-14(12)18-15(16)20-13/h2-4,7-9H,5-6H2,1H3,(H2,16,18). The second kappa shape index (κ2) is 5.46. The molecule has 2 N–H and O–H groups in total. The number of fused-ring (bicyclic) bond motifs is 1. The number of nitrogens with two attached hydrogens (primary N) is 1. The fourth-order valence-corrected chi connectivity index (χ4v) is 3.00. The first-order valence-electron chi connectivity index (χ1n) is 6.39. The van der Waals surface area contributed by atoms with E-state index >= 15 is 0 Å². The number of aromatic nitrogens is 2. The largest absolute Gasteiger partial charge is 0.494 e. The summed E-state index contributed by atoms with van der Waals surface area (Å²) in [5, 5.41) is 0.570. The maximum atomic E-state index is 5.77. The minimum Gasteiger partial charge on any atom is -0.494 e. The molecule has 0 saturated carbocycles. The highest BCUT2D eigenvalue weighted by Gasteiger charge is 2.09. The molecule has 2 heterocycles. The van der Waals surface area contributed by atoms with Crippen LogP contribution < -0.4 is 10.5 Å². The van der Waals surface area contributed by atoms with Crippen LogP contribution in [0.3, 0.4) is 0 Å². The Bertz CT molecular complexity index is 725. The molecule has 0 aliphatic rings. The van der Waals surface area contributed by atoms with Gasteiger partial charge in [-0.25, -0.2) is 4.98 Å². The van der Waals surface area contributed by atoms with Crippen molar-refractivity contribution in [3.05, 3.63) is 47.8 Å². The summed E-state index contributed by atoms with van der Waals surface area (Å²) >= 11 is 1.49. The van der Waals surface area contributed by atoms with Crippen molar-refractivity contribution in [3.8, 4) is 5.75 Å². The Morgan fingerprint density at radius 3 is 2.90 bits per heavy atom. The summed E-state index contributed by atoms with van der Waals surface area (Å²) < 4.78 is 6.47. The van der Waals surface area contributed by atoms with E-state index in [9.17, 15) is 0 Å². The number of nitrogens with zero attached hydrogens (tertiary/aromatic N) is 2. The third kappa shape index (κ3) is 2.58. The zero-order valence-electron chi connectivity index (χ0n) is 11.2. The number of rotatable bonds is 4. The zero-order chi connectivity index (χ0) is 13.9. The Morgan fingerprint density at radius 2 is 2.15 bits per heavy atom. The lowest BCUT2D eigenvalue weighted by Crippen LogP contribution is -1.95. The lowest BCUT2D eigenvalue weighted by Gasteiger charge is -2.05. The molecule has 20 heavy (non-hydrogen) atoms. The van der Waals surface area contributed by atoms with Crippen LogP contribution in [-0.4, -0.2) is 17.1 Å². The molecule has 0 aliphatic heterocycles. The van der Waals surface area contributed by atoms with E-state index in [2.05, 4.69) is 16.0 Å². The van der Waals surface area contributed by atoms with Crippen LogP contribution in [0.15, 0.2) is 36.5 Å². The number of benzene rings is 1. The summed E-state index contributed by atoms with van der Waals surface area (Å²) in [6.07, 6.45) is 3.65. The molecule has 5 heteroatoms. The first-order valence-corrected chi connectivity index (χ1v) is 7.21. The molecule has 3 rings (SSSR count). The normalized spacial score (nSPS) is 10.8. The van der Waals surface area contributed by atoms with Crippen LogP contribution in [-0.2, 0) is 12.8 Å². The van der Waals surface area contributed by atoms with Crippen LogP contribution in [0.4, 0.5) is 5.13 Å². The molecule has 0 unspecified atom stereocenters. The summed E-state index contributed by atoms with van der Waals surface area (Å²) in [7, 11) is 1.66. The Morgan fingerprint density at radius 1 is 1.25 bits per heavy atom. The highest BCUT2D eigenvalue weighted by molar-refractivity contribution is 7.22. The second-order valence-corrected chi connectivity index (χ2v) is 5.58. The van der Waals surface area contributed by atoms with Gasteiger partial charge in [-0.05, 0) is 42.7 Å². The van der Waals surface area contributed by atoms with E-state index in [0.29, 0.717) is 5.13 Å². The van der Waals surface area contributed by atoms with Crippen molar-refractivity contribution >= 4 is 26.7 Å². The van der Waals surface area contributed by atoms with E-state index in [1.807, 2.05) is 30.5 Å². The number of aryl methyl sites for hydroxylation is 2. The van der Waals surface area contributed by atoms with Gasteiger partial charge in [-0.1, -0.05) is 17.4 Å². The van der Waals surface area contributed by atoms with E-state index in [1.165, 1.54) is 16.9 Å². The molecule has 0 atom stereocenters. The van der Waals surface area contributed by atoms with Crippen LogP contribution in [0.2, 0.25) is 0 Å². The number of nitrogen functional groups attached to an aromatic ring is 1. The topological polar surface area (TPSA) is 61.0 Å². The van der Waals surface area contributed by atoms with Crippen LogP contribution in [0.1, 0.15) is 11.3 Å². The van der Waals surface area contributed by atoms with Crippen molar-refractivity contribution in [3.63, 3.8) is 0 Å². The van der Waals surface area contributed by atoms with Crippen LogP contribution >= 0.6 is 11.3 Å². The fourth-order valence-electron chi connectivity index (χ4n) is 2.19. The van der Waals surface area contributed by atoms with Crippen molar-refractivity contribution in [2.75, 3.05) is 12.8 Å². The Labute approximate surface area is 121 Å². The molecule has 0 fully saturated rings. The average molecular weight is 285 g/mol. The van der Waals surface area contributed by atoms with E-state index in [1.54, 1.807) is 7.11 Å². The average Bonchev–Trinajstić information content (AvgIpc) is 2.85. The molecule has 2 aromatic heterocycles. The lowest BCUT2D eigenvalue weighted by atomic mass is 10.1. The van der Waals surface area contributed by atoms with Crippen LogP contribution in [0, 0.1) is 0 Å². The van der Waals surface area contributed by atoms with E-state index < -0.39 is 0 Å². The number of anilines is 1. The minimum absolute atomic E-state index is 0.570. The van der Waals surface area contributed by atoms with Crippen molar-refractivity contribution in [1.29, 1.82) is 0 Å². The molecule has 0 amide bonds. The van der Waals surface area contributed by atoms with Gasteiger partial charge < -0.3 is 10.5 Å². The molecule has 102 valence electrons. The molecule has 0 radical (unpaired) electrons. The van der Waals surface area contributed by atoms with E-state index in [4.69, 9.17) is 10.5 Å².